The van der Waals surface area contributed by atoms with E-state index >= 15 is 0 Å². The molecular weight excluding hydrogens is 665 g/mol. The van der Waals surface area contributed by atoms with Gasteiger partial charge in [-0.1, -0.05) is 158 Å². The Morgan fingerprint density at radius 3 is 0.981 bits per heavy atom. The fraction of sp³-hybridized carbons (Fsp3) is 0.0833. The molecule has 2 aliphatic heterocycles. The number of hydrogen-bond donors (Lipinski definition) is 2. The largest absolute Gasteiger partial charge is 0.467 e. The monoisotopic (exact) mass is 702 g/mol. The number of aliphatic imine (C=N–C) groups is 2. The zero-order chi connectivity index (χ0) is 36.1. The maximum Gasteiger partial charge on any atom is 0.219 e. The van der Waals surface area contributed by atoms with E-state index in [9.17, 15) is 0 Å². The highest BCUT2D eigenvalue weighted by Gasteiger charge is 2.36. The Balaban J connectivity index is 1.02. The van der Waals surface area contributed by atoms with Crippen molar-refractivity contribution in [2.24, 2.45) is 9.98 Å². The summed E-state index contributed by atoms with van der Waals surface area (Å²) in [5.74, 6) is 1.21. The van der Waals surface area contributed by atoms with E-state index in [1.165, 1.54) is 0 Å². The first-order valence-corrected chi connectivity index (χ1v) is 18.3. The molecule has 0 saturated carbocycles. The number of rotatable bonds is 10. The summed E-state index contributed by atoms with van der Waals surface area (Å²) in [7, 11) is 0. The van der Waals surface area contributed by atoms with Gasteiger partial charge in [0.2, 0.25) is 11.8 Å². The van der Waals surface area contributed by atoms with Gasteiger partial charge in [0, 0.05) is 0 Å². The second-order valence-electron chi connectivity index (χ2n) is 13.4. The van der Waals surface area contributed by atoms with Crippen molar-refractivity contribution < 1.29 is 9.47 Å². The molecule has 0 amide bonds. The van der Waals surface area contributed by atoms with Crippen LogP contribution in [0, 0.1) is 0 Å². The molecule has 0 radical (unpaired) electrons. The molecule has 0 bridgehead atoms. The first-order valence-electron chi connectivity index (χ1n) is 18.3. The maximum atomic E-state index is 6.73. The molecule has 0 unspecified atom stereocenters. The van der Waals surface area contributed by atoms with Gasteiger partial charge in [-0.3, -0.25) is 0 Å². The van der Waals surface area contributed by atoms with Crippen LogP contribution in [0.1, 0.15) is 57.7 Å². The van der Waals surface area contributed by atoms with Crippen molar-refractivity contribution >= 4 is 34.5 Å². The van der Waals surface area contributed by atoms with E-state index in [4.69, 9.17) is 19.5 Å². The van der Waals surface area contributed by atoms with Crippen molar-refractivity contribution in [1.82, 2.24) is 0 Å². The van der Waals surface area contributed by atoms with Crippen LogP contribution in [0.15, 0.2) is 204 Å². The smallest absolute Gasteiger partial charge is 0.219 e. The lowest BCUT2D eigenvalue weighted by atomic mass is 9.97. The lowest BCUT2D eigenvalue weighted by molar-refractivity contribution is 0.197. The number of ether oxygens (including phenoxy) is 2. The summed E-state index contributed by atoms with van der Waals surface area (Å²) in [6.07, 6.45) is -0.489. The third-order valence-electron chi connectivity index (χ3n) is 9.88. The Morgan fingerprint density at radius 2 is 0.611 bits per heavy atom. The van der Waals surface area contributed by atoms with E-state index in [-0.39, 0.29) is 24.3 Å². The van der Waals surface area contributed by atoms with Gasteiger partial charge < -0.3 is 20.1 Å². The van der Waals surface area contributed by atoms with Crippen LogP contribution in [-0.4, -0.2) is 11.8 Å². The van der Waals surface area contributed by atoms with Crippen molar-refractivity contribution in [3.8, 4) is 0 Å². The average Bonchev–Trinajstić information content (AvgIpc) is 3.90. The molecule has 7 aromatic rings. The number of hydrogen-bond acceptors (Lipinski definition) is 6. The standard InChI is InChI=1S/C48H38N4O2/c1-5-19-33(20-6-1)43-45(35-23-9-3-10-24-35)53-47(51-43)37-27-13-15-29-39(37)49-41-31-17-18-32-42(41)50-40-30-16-14-28-38(40)48-52-44(34-21-7-2-8-22-34)46(54-48)36-25-11-4-12-26-36/h1-32,43-46,49-50H/t43-,44-,45-,46-/m0/s1. The van der Waals surface area contributed by atoms with Crippen molar-refractivity contribution in [1.29, 1.82) is 0 Å². The van der Waals surface area contributed by atoms with Gasteiger partial charge in [-0.15, -0.1) is 0 Å². The van der Waals surface area contributed by atoms with E-state index in [2.05, 4.69) is 120 Å². The second-order valence-corrected chi connectivity index (χ2v) is 13.4. The number of benzene rings is 7. The van der Waals surface area contributed by atoms with Crippen molar-refractivity contribution in [2.75, 3.05) is 10.6 Å². The molecule has 4 atom stereocenters. The zero-order valence-electron chi connectivity index (χ0n) is 29.5. The quantitative estimate of drug-likeness (QED) is 0.149. The molecular formula is C48H38N4O2. The summed E-state index contributed by atoms with van der Waals surface area (Å²) in [5, 5.41) is 7.42. The number of para-hydroxylation sites is 4. The van der Waals surface area contributed by atoms with Crippen LogP contribution in [0.2, 0.25) is 0 Å². The van der Waals surface area contributed by atoms with Gasteiger partial charge in [0.1, 0.15) is 12.1 Å². The van der Waals surface area contributed by atoms with Gasteiger partial charge in [-0.2, -0.15) is 0 Å². The van der Waals surface area contributed by atoms with Gasteiger partial charge >= 0.3 is 0 Å². The molecule has 6 nitrogen and oxygen atoms in total. The Hall–Kier alpha value is -6.92. The Labute approximate surface area is 315 Å². The summed E-state index contributed by atoms with van der Waals surface area (Å²) >= 11 is 0. The van der Waals surface area contributed by atoms with Gasteiger partial charge in [0.25, 0.3) is 0 Å². The van der Waals surface area contributed by atoms with E-state index in [0.717, 1.165) is 56.1 Å². The first kappa shape index (κ1) is 33.0. The minimum atomic E-state index is -0.245. The molecule has 0 spiro atoms. The molecule has 0 aliphatic carbocycles. The Kier molecular flexibility index (Phi) is 9.14. The molecule has 2 N–H and O–H groups in total. The van der Waals surface area contributed by atoms with Gasteiger partial charge in [-0.25, -0.2) is 9.98 Å². The minimum Gasteiger partial charge on any atom is -0.467 e. The summed E-state index contributed by atoms with van der Waals surface area (Å²) in [6.45, 7) is 0. The minimum absolute atomic E-state index is 0.175. The summed E-state index contributed by atoms with van der Waals surface area (Å²) in [5.41, 5.74) is 9.75. The van der Waals surface area contributed by atoms with Crippen LogP contribution in [0.4, 0.5) is 22.7 Å². The highest BCUT2D eigenvalue weighted by molar-refractivity contribution is 6.03. The molecule has 54 heavy (non-hydrogen) atoms. The summed E-state index contributed by atoms with van der Waals surface area (Å²) < 4.78 is 13.5. The molecule has 7 aromatic carbocycles. The topological polar surface area (TPSA) is 67.2 Å². The lowest BCUT2D eigenvalue weighted by Crippen LogP contribution is -2.11. The van der Waals surface area contributed by atoms with Crippen molar-refractivity contribution in [2.45, 2.75) is 24.3 Å². The third-order valence-corrected chi connectivity index (χ3v) is 9.88. The van der Waals surface area contributed by atoms with Crippen LogP contribution in [0.3, 0.4) is 0 Å². The molecule has 6 heteroatoms. The maximum absolute atomic E-state index is 6.73. The van der Waals surface area contributed by atoms with E-state index in [1.807, 2.05) is 84.9 Å². The van der Waals surface area contributed by atoms with Gasteiger partial charge in [-0.05, 0) is 58.7 Å². The Bertz CT molecular complexity index is 2250. The van der Waals surface area contributed by atoms with Crippen molar-refractivity contribution in [3.05, 3.63) is 228 Å². The zero-order valence-corrected chi connectivity index (χ0v) is 29.5. The number of nitrogens with zero attached hydrogens (tertiary/aromatic N) is 2. The van der Waals surface area contributed by atoms with Crippen LogP contribution < -0.4 is 10.6 Å². The SMILES string of the molecule is c1ccc([C@@H]2N=C(c3ccccc3Nc3ccccc3Nc3ccccc3C3=N[C@@H](c4ccccc4)[C@H](c4ccccc4)O3)O[C@H]2c2ccccc2)cc1. The van der Waals surface area contributed by atoms with E-state index in [0.29, 0.717) is 11.8 Å². The van der Waals surface area contributed by atoms with Gasteiger partial charge in [0.05, 0.1) is 33.9 Å². The average molecular weight is 703 g/mol. The van der Waals surface area contributed by atoms with Crippen LogP contribution in [-0.2, 0) is 9.47 Å². The molecule has 2 aliphatic rings. The highest BCUT2D eigenvalue weighted by Crippen LogP contribution is 2.44. The fourth-order valence-corrected chi connectivity index (χ4v) is 7.22. The predicted octanol–water partition coefficient (Wildman–Crippen LogP) is 11.7. The van der Waals surface area contributed by atoms with Crippen LogP contribution >= 0.6 is 0 Å². The summed E-state index contributed by atoms with van der Waals surface area (Å²) in [6, 6.07) is 65.6. The summed E-state index contributed by atoms with van der Waals surface area (Å²) in [4.78, 5) is 10.4. The molecule has 0 aromatic heterocycles. The molecule has 0 saturated heterocycles. The molecule has 2 heterocycles. The second kappa shape index (κ2) is 15.0. The number of nitrogens with one attached hydrogen (secondary N) is 2. The number of anilines is 4. The molecule has 262 valence electrons. The fourth-order valence-electron chi connectivity index (χ4n) is 7.22. The highest BCUT2D eigenvalue weighted by atomic mass is 16.5. The normalized spacial score (nSPS) is 18.9. The predicted molar refractivity (Wildman–Crippen MR) is 218 cm³/mol. The molecule has 9 rings (SSSR count). The third kappa shape index (κ3) is 6.73. The van der Waals surface area contributed by atoms with E-state index < -0.39 is 0 Å². The van der Waals surface area contributed by atoms with Crippen LogP contribution in [0.25, 0.3) is 0 Å². The van der Waals surface area contributed by atoms with Crippen LogP contribution in [0.5, 0.6) is 0 Å². The lowest BCUT2D eigenvalue weighted by Gasteiger charge is -2.20. The first-order chi connectivity index (χ1) is 26.8. The Morgan fingerprint density at radius 1 is 0.315 bits per heavy atom. The van der Waals surface area contributed by atoms with Crippen molar-refractivity contribution in [3.63, 3.8) is 0 Å². The molecule has 0 fully saturated rings. The van der Waals surface area contributed by atoms with Gasteiger partial charge in [0.15, 0.2) is 12.2 Å². The van der Waals surface area contributed by atoms with E-state index in [1.54, 1.807) is 0 Å².